The van der Waals surface area contributed by atoms with Crippen molar-refractivity contribution in [2.75, 3.05) is 0 Å². The van der Waals surface area contributed by atoms with Gasteiger partial charge in [-0.3, -0.25) is 0 Å². The Morgan fingerprint density at radius 2 is 1.47 bits per heavy atom. The molecule has 4 heteroatoms. The van der Waals surface area contributed by atoms with Crippen molar-refractivity contribution in [3.63, 3.8) is 0 Å². The van der Waals surface area contributed by atoms with Crippen LogP contribution < -0.4 is 0 Å². The highest BCUT2D eigenvalue weighted by molar-refractivity contribution is 7.20. The van der Waals surface area contributed by atoms with Gasteiger partial charge in [0.05, 0.1) is 25.4 Å². The molecule has 0 radical (unpaired) electrons. The molecule has 1 aromatic heterocycles. The van der Waals surface area contributed by atoms with E-state index in [4.69, 9.17) is 14.2 Å². The highest BCUT2D eigenvalue weighted by Crippen LogP contribution is 2.41. The minimum absolute atomic E-state index is 0.0808. The second-order valence-corrected chi connectivity index (χ2v) is 12.7. The fourth-order valence-corrected chi connectivity index (χ4v) is 7.15. The van der Waals surface area contributed by atoms with Crippen LogP contribution in [-0.4, -0.2) is 18.3 Å². The molecule has 4 aromatic carbocycles. The molecular formula is C39H40O3S. The van der Waals surface area contributed by atoms with E-state index in [-0.39, 0.29) is 24.4 Å². The number of fused-ring (bicyclic) bond motifs is 1. The summed E-state index contributed by atoms with van der Waals surface area (Å²) in [7, 11) is 0. The first-order chi connectivity index (χ1) is 21.0. The van der Waals surface area contributed by atoms with Crippen molar-refractivity contribution in [3.05, 3.63) is 148 Å². The molecule has 43 heavy (non-hydrogen) atoms. The predicted octanol–water partition coefficient (Wildman–Crippen LogP) is 9.99. The molecule has 6 rings (SSSR count). The molecule has 0 N–H and O–H groups in total. The van der Waals surface area contributed by atoms with Gasteiger partial charge in [0.15, 0.2) is 0 Å². The van der Waals surface area contributed by atoms with Crippen molar-refractivity contribution in [1.82, 2.24) is 0 Å². The monoisotopic (exact) mass is 588 g/mol. The van der Waals surface area contributed by atoms with Crippen molar-refractivity contribution < 1.29 is 14.2 Å². The molecule has 0 bridgehead atoms. The maximum Gasteiger partial charge on any atom is 0.114 e. The van der Waals surface area contributed by atoms with Crippen LogP contribution >= 0.6 is 11.3 Å². The second kappa shape index (κ2) is 13.4. The third kappa shape index (κ3) is 6.68. The van der Waals surface area contributed by atoms with E-state index in [1.165, 1.54) is 26.1 Å². The quantitative estimate of drug-likeness (QED) is 0.162. The van der Waals surface area contributed by atoms with Gasteiger partial charge in [0.2, 0.25) is 0 Å². The van der Waals surface area contributed by atoms with Gasteiger partial charge in [-0.2, -0.15) is 0 Å². The summed E-state index contributed by atoms with van der Waals surface area (Å²) in [5.41, 5.74) is 8.05. The van der Waals surface area contributed by atoms with Crippen molar-refractivity contribution in [2.24, 2.45) is 0 Å². The van der Waals surface area contributed by atoms with Gasteiger partial charge in [-0.1, -0.05) is 98.4 Å². The molecule has 1 aliphatic heterocycles. The Morgan fingerprint density at radius 1 is 0.814 bits per heavy atom. The Balaban J connectivity index is 1.35. The first kappa shape index (κ1) is 29.5. The smallest absolute Gasteiger partial charge is 0.114 e. The number of benzene rings is 4. The molecule has 4 atom stereocenters. The average Bonchev–Trinajstić information content (AvgIpc) is 3.48. The van der Waals surface area contributed by atoms with Crippen LogP contribution in [0, 0.1) is 13.8 Å². The molecule has 1 saturated heterocycles. The summed E-state index contributed by atoms with van der Waals surface area (Å²) in [4.78, 5) is 1.19. The van der Waals surface area contributed by atoms with Gasteiger partial charge in [0.1, 0.15) is 12.2 Å². The summed E-state index contributed by atoms with van der Waals surface area (Å²) in [6.07, 6.45) is 1.15. The van der Waals surface area contributed by atoms with Crippen LogP contribution in [0.25, 0.3) is 15.7 Å². The van der Waals surface area contributed by atoms with Crippen LogP contribution in [0.1, 0.15) is 64.1 Å². The Kier molecular flexibility index (Phi) is 9.20. The summed E-state index contributed by atoms with van der Waals surface area (Å²) in [6.45, 7) is 12.2. The number of ether oxygens (including phenoxy) is 3. The van der Waals surface area contributed by atoms with E-state index in [1.807, 2.05) is 12.1 Å². The molecule has 3 nitrogen and oxygen atoms in total. The van der Waals surface area contributed by atoms with Crippen molar-refractivity contribution in [3.8, 4) is 0 Å². The van der Waals surface area contributed by atoms with Crippen molar-refractivity contribution >= 4 is 27.0 Å². The van der Waals surface area contributed by atoms with E-state index in [0.29, 0.717) is 13.2 Å². The zero-order chi connectivity index (χ0) is 29.8. The lowest BCUT2D eigenvalue weighted by atomic mass is 9.86. The van der Waals surface area contributed by atoms with Crippen molar-refractivity contribution in [2.45, 2.75) is 71.2 Å². The SMILES string of the molecule is C=C(c1cc2ccccc2s1)c1cc([C@@H]2O[C@H](CC)C[C@H](OCc3ccccc3)[C@H]2OCc2ccccc2)c(C)cc1C. The lowest BCUT2D eigenvalue weighted by Gasteiger charge is -2.42. The molecule has 0 unspecified atom stereocenters. The van der Waals surface area contributed by atoms with E-state index in [9.17, 15) is 0 Å². The Labute approximate surface area is 259 Å². The number of hydrogen-bond acceptors (Lipinski definition) is 4. The standard InChI is InChI=1S/C39H40O3S/c1-5-32-22-35(40-24-29-14-8-6-9-15-29)39(41-25-30-16-10-7-11-17-30)38(42-32)34-23-33(26(2)20-27(34)3)28(4)37-21-31-18-12-13-19-36(31)43-37/h6-21,23,32,35,38-39H,4-5,22,24-25H2,1-3H3/t32-,35+,38+,39-/m1/s1. The lowest BCUT2D eigenvalue weighted by molar-refractivity contribution is -0.211. The minimum Gasteiger partial charge on any atom is -0.371 e. The van der Waals surface area contributed by atoms with Gasteiger partial charge in [0, 0.05) is 16.0 Å². The van der Waals surface area contributed by atoms with Crippen LogP contribution in [0.3, 0.4) is 0 Å². The van der Waals surface area contributed by atoms with E-state index < -0.39 is 0 Å². The normalized spacial score (nSPS) is 20.3. The first-order valence-electron chi connectivity index (χ1n) is 15.3. The van der Waals surface area contributed by atoms with Gasteiger partial charge in [-0.15, -0.1) is 11.3 Å². The third-order valence-electron chi connectivity index (χ3n) is 8.51. The van der Waals surface area contributed by atoms with Crippen LogP contribution in [0.5, 0.6) is 0 Å². The number of aryl methyl sites for hydroxylation is 2. The Hall–Kier alpha value is -3.54. The van der Waals surface area contributed by atoms with Crippen LogP contribution in [0.2, 0.25) is 0 Å². The predicted molar refractivity (Wildman–Crippen MR) is 178 cm³/mol. The van der Waals surface area contributed by atoms with E-state index in [1.54, 1.807) is 11.3 Å². The molecular weight excluding hydrogens is 548 g/mol. The zero-order valence-corrected chi connectivity index (χ0v) is 26.1. The minimum atomic E-state index is -0.266. The fourth-order valence-electron chi connectivity index (χ4n) is 6.11. The average molecular weight is 589 g/mol. The summed E-state index contributed by atoms with van der Waals surface area (Å²) in [6, 6.07) is 36.1. The second-order valence-electron chi connectivity index (χ2n) is 11.6. The molecule has 0 aliphatic carbocycles. The maximum atomic E-state index is 6.88. The van der Waals surface area contributed by atoms with E-state index >= 15 is 0 Å². The third-order valence-corrected chi connectivity index (χ3v) is 9.69. The Morgan fingerprint density at radius 3 is 2.14 bits per heavy atom. The number of thiophene rings is 1. The Bertz CT molecular complexity index is 1640. The van der Waals surface area contributed by atoms with Crippen LogP contribution in [-0.2, 0) is 27.4 Å². The summed E-state index contributed by atoms with van der Waals surface area (Å²) in [5.74, 6) is 0. The van der Waals surface area contributed by atoms with Gasteiger partial charge in [-0.25, -0.2) is 0 Å². The molecule has 220 valence electrons. The number of rotatable bonds is 10. The topological polar surface area (TPSA) is 27.7 Å². The largest absolute Gasteiger partial charge is 0.371 e. The summed E-state index contributed by atoms with van der Waals surface area (Å²) >= 11 is 1.79. The molecule has 0 spiro atoms. The van der Waals surface area contributed by atoms with Gasteiger partial charge >= 0.3 is 0 Å². The summed E-state index contributed by atoms with van der Waals surface area (Å²) in [5, 5.41) is 1.25. The van der Waals surface area contributed by atoms with Crippen LogP contribution in [0.4, 0.5) is 0 Å². The van der Waals surface area contributed by atoms with Gasteiger partial charge in [0.25, 0.3) is 0 Å². The molecule has 5 aromatic rings. The van der Waals surface area contributed by atoms with Crippen LogP contribution in [0.15, 0.2) is 110 Å². The van der Waals surface area contributed by atoms with Gasteiger partial charge in [-0.05, 0) is 82.8 Å². The van der Waals surface area contributed by atoms with E-state index in [2.05, 4.69) is 118 Å². The molecule has 0 saturated carbocycles. The van der Waals surface area contributed by atoms with Gasteiger partial charge < -0.3 is 14.2 Å². The lowest BCUT2D eigenvalue weighted by Crippen LogP contribution is -2.46. The first-order valence-corrected chi connectivity index (χ1v) is 16.1. The fraction of sp³-hybridized carbons (Fsp3) is 0.282. The van der Waals surface area contributed by atoms with E-state index in [0.717, 1.165) is 40.7 Å². The highest BCUT2D eigenvalue weighted by Gasteiger charge is 2.41. The maximum absolute atomic E-state index is 6.88. The van der Waals surface area contributed by atoms with Crippen molar-refractivity contribution in [1.29, 1.82) is 0 Å². The molecule has 1 aliphatic rings. The highest BCUT2D eigenvalue weighted by atomic mass is 32.1. The summed E-state index contributed by atoms with van der Waals surface area (Å²) < 4.78 is 21.6. The number of hydrogen-bond donors (Lipinski definition) is 0. The zero-order valence-electron chi connectivity index (χ0n) is 25.3. The molecule has 0 amide bonds. The molecule has 1 fully saturated rings. The molecule has 2 heterocycles.